The van der Waals surface area contributed by atoms with Crippen LogP contribution in [0, 0.1) is 0 Å². The smallest absolute Gasteiger partial charge is 0.122 e. The monoisotopic (exact) mass is 264 g/mol. The highest BCUT2D eigenvalue weighted by molar-refractivity contribution is 5.41. The number of benzene rings is 1. The van der Waals surface area contributed by atoms with Crippen LogP contribution in [-0.4, -0.2) is 19.2 Å². The van der Waals surface area contributed by atoms with Crippen molar-refractivity contribution < 1.29 is 4.74 Å². The first-order chi connectivity index (χ1) is 8.63. The van der Waals surface area contributed by atoms with Crippen molar-refractivity contribution in [2.75, 3.05) is 13.7 Å². The van der Waals surface area contributed by atoms with E-state index in [2.05, 4.69) is 38.2 Å². The predicted octanol–water partition coefficient (Wildman–Crippen LogP) is 2.82. The van der Waals surface area contributed by atoms with E-state index in [-0.39, 0.29) is 11.0 Å². The minimum atomic E-state index is -0.181. The maximum atomic E-state index is 5.96. The predicted molar refractivity (Wildman–Crippen MR) is 81.7 cm³/mol. The summed E-state index contributed by atoms with van der Waals surface area (Å²) in [5.41, 5.74) is 8.36. The van der Waals surface area contributed by atoms with Crippen LogP contribution in [0.5, 0.6) is 5.75 Å². The van der Waals surface area contributed by atoms with Crippen molar-refractivity contribution >= 4 is 0 Å². The lowest BCUT2D eigenvalue weighted by atomic mass is 9.85. The van der Waals surface area contributed by atoms with Crippen LogP contribution in [-0.2, 0) is 12.0 Å². The Balaban J connectivity index is 2.82. The Hall–Kier alpha value is -1.06. The minimum absolute atomic E-state index is 0.0779. The summed E-state index contributed by atoms with van der Waals surface area (Å²) in [6.07, 6.45) is 0. The molecule has 1 rings (SSSR count). The van der Waals surface area contributed by atoms with Crippen LogP contribution >= 0.6 is 0 Å². The Kier molecular flexibility index (Phi) is 4.99. The van der Waals surface area contributed by atoms with E-state index in [9.17, 15) is 0 Å². The lowest BCUT2D eigenvalue weighted by molar-refractivity contribution is 0.397. The van der Waals surface area contributed by atoms with Gasteiger partial charge in [0.05, 0.1) is 7.11 Å². The third-order valence-corrected chi connectivity index (χ3v) is 2.98. The van der Waals surface area contributed by atoms with Gasteiger partial charge in [0.25, 0.3) is 0 Å². The molecule has 3 nitrogen and oxygen atoms in total. The van der Waals surface area contributed by atoms with Gasteiger partial charge >= 0.3 is 0 Å². The minimum Gasteiger partial charge on any atom is -0.496 e. The van der Waals surface area contributed by atoms with E-state index in [0.29, 0.717) is 0 Å². The van der Waals surface area contributed by atoms with E-state index >= 15 is 0 Å². The molecular formula is C16H28N2O. The van der Waals surface area contributed by atoms with E-state index in [1.807, 2.05) is 19.9 Å². The van der Waals surface area contributed by atoms with Gasteiger partial charge in [0, 0.05) is 18.6 Å². The maximum Gasteiger partial charge on any atom is 0.122 e. The molecule has 3 heteroatoms. The molecule has 3 N–H and O–H groups in total. The van der Waals surface area contributed by atoms with Crippen molar-refractivity contribution in [3.8, 4) is 5.75 Å². The molecule has 0 heterocycles. The average molecular weight is 264 g/mol. The van der Waals surface area contributed by atoms with E-state index in [1.165, 1.54) is 11.1 Å². The van der Waals surface area contributed by atoms with Crippen LogP contribution in [0.2, 0.25) is 0 Å². The van der Waals surface area contributed by atoms with Gasteiger partial charge in [-0.15, -0.1) is 0 Å². The highest BCUT2D eigenvalue weighted by Gasteiger charge is 2.19. The van der Waals surface area contributed by atoms with Gasteiger partial charge in [-0.2, -0.15) is 0 Å². The van der Waals surface area contributed by atoms with Crippen molar-refractivity contribution in [2.45, 2.75) is 52.1 Å². The van der Waals surface area contributed by atoms with Gasteiger partial charge in [-0.25, -0.2) is 0 Å². The molecule has 0 radical (unpaired) electrons. The second-order valence-electron chi connectivity index (χ2n) is 6.88. The molecule has 0 aromatic heterocycles. The summed E-state index contributed by atoms with van der Waals surface area (Å²) >= 11 is 0. The summed E-state index contributed by atoms with van der Waals surface area (Å²) in [7, 11) is 1.72. The fourth-order valence-corrected chi connectivity index (χ4v) is 1.98. The largest absolute Gasteiger partial charge is 0.496 e. The first-order valence-electron chi connectivity index (χ1n) is 6.80. The fourth-order valence-electron chi connectivity index (χ4n) is 1.98. The molecule has 0 unspecified atom stereocenters. The summed E-state index contributed by atoms with van der Waals surface area (Å²) in [5.74, 6) is 0.954. The Labute approximate surface area is 117 Å². The number of hydrogen-bond acceptors (Lipinski definition) is 3. The number of methoxy groups -OCH3 is 1. The van der Waals surface area contributed by atoms with Crippen LogP contribution < -0.4 is 15.8 Å². The van der Waals surface area contributed by atoms with E-state index in [1.54, 1.807) is 7.11 Å². The highest BCUT2D eigenvalue weighted by atomic mass is 16.5. The van der Waals surface area contributed by atoms with Crippen molar-refractivity contribution in [1.82, 2.24) is 5.32 Å². The first-order valence-corrected chi connectivity index (χ1v) is 6.80. The third-order valence-electron chi connectivity index (χ3n) is 2.98. The first kappa shape index (κ1) is 16.0. The molecule has 19 heavy (non-hydrogen) atoms. The zero-order valence-corrected chi connectivity index (χ0v) is 13.1. The Morgan fingerprint density at radius 1 is 1.16 bits per heavy atom. The summed E-state index contributed by atoms with van der Waals surface area (Å²) in [6.45, 7) is 12.3. The Morgan fingerprint density at radius 2 is 1.79 bits per heavy atom. The Morgan fingerprint density at radius 3 is 2.26 bits per heavy atom. The second kappa shape index (κ2) is 5.93. The van der Waals surface area contributed by atoms with Gasteiger partial charge in [0.1, 0.15) is 5.75 Å². The van der Waals surface area contributed by atoms with Gasteiger partial charge in [-0.3, -0.25) is 0 Å². The zero-order valence-electron chi connectivity index (χ0n) is 13.1. The summed E-state index contributed by atoms with van der Waals surface area (Å²) in [4.78, 5) is 0. The molecule has 0 fully saturated rings. The number of ether oxygens (including phenoxy) is 1. The average Bonchev–Trinajstić information content (AvgIpc) is 2.26. The van der Waals surface area contributed by atoms with Gasteiger partial charge < -0.3 is 15.8 Å². The van der Waals surface area contributed by atoms with E-state index < -0.39 is 0 Å². The number of hydrogen-bond donors (Lipinski definition) is 2. The maximum absolute atomic E-state index is 5.96. The topological polar surface area (TPSA) is 47.3 Å². The molecule has 0 aliphatic rings. The summed E-state index contributed by atoms with van der Waals surface area (Å²) < 4.78 is 5.45. The Bertz CT molecular complexity index is 414. The molecule has 0 amide bonds. The molecule has 0 saturated carbocycles. The zero-order chi connectivity index (χ0) is 14.7. The molecule has 1 aromatic rings. The highest BCUT2D eigenvalue weighted by Crippen LogP contribution is 2.31. The van der Waals surface area contributed by atoms with Crippen molar-refractivity contribution in [2.24, 2.45) is 5.73 Å². The SMILES string of the molecule is COc1ccc(CNCC(C)(C)N)cc1C(C)(C)C. The third kappa shape index (κ3) is 5.21. The molecule has 108 valence electrons. The molecule has 1 aromatic carbocycles. The number of rotatable bonds is 5. The molecule has 0 spiro atoms. The van der Waals surface area contributed by atoms with Crippen molar-refractivity contribution in [1.29, 1.82) is 0 Å². The van der Waals surface area contributed by atoms with Crippen LogP contribution in [0.25, 0.3) is 0 Å². The van der Waals surface area contributed by atoms with E-state index in [0.717, 1.165) is 18.8 Å². The van der Waals surface area contributed by atoms with Gasteiger partial charge in [-0.1, -0.05) is 32.9 Å². The van der Waals surface area contributed by atoms with Crippen molar-refractivity contribution in [3.63, 3.8) is 0 Å². The molecule has 0 saturated heterocycles. The van der Waals surface area contributed by atoms with Gasteiger partial charge in [0.2, 0.25) is 0 Å². The quantitative estimate of drug-likeness (QED) is 0.859. The van der Waals surface area contributed by atoms with Crippen molar-refractivity contribution in [3.05, 3.63) is 29.3 Å². The molecular weight excluding hydrogens is 236 g/mol. The van der Waals surface area contributed by atoms with Crippen LogP contribution in [0.3, 0.4) is 0 Å². The molecule has 0 aliphatic heterocycles. The van der Waals surface area contributed by atoms with Crippen LogP contribution in [0.15, 0.2) is 18.2 Å². The summed E-state index contributed by atoms with van der Waals surface area (Å²) in [5, 5.41) is 3.39. The number of nitrogens with one attached hydrogen (secondary N) is 1. The van der Waals surface area contributed by atoms with Crippen LogP contribution in [0.4, 0.5) is 0 Å². The fraction of sp³-hybridized carbons (Fsp3) is 0.625. The lowest BCUT2D eigenvalue weighted by Gasteiger charge is -2.23. The van der Waals surface area contributed by atoms with Gasteiger partial charge in [0.15, 0.2) is 0 Å². The van der Waals surface area contributed by atoms with Gasteiger partial charge in [-0.05, 0) is 36.5 Å². The summed E-state index contributed by atoms with van der Waals surface area (Å²) in [6, 6.07) is 6.37. The van der Waals surface area contributed by atoms with Crippen LogP contribution in [0.1, 0.15) is 45.7 Å². The standard InChI is InChI=1S/C16H28N2O/c1-15(2,3)13-9-12(7-8-14(13)19-6)10-18-11-16(4,5)17/h7-9,18H,10-11,17H2,1-6H3. The second-order valence-corrected chi connectivity index (χ2v) is 6.88. The normalized spacial score (nSPS) is 12.6. The molecule has 0 bridgehead atoms. The number of nitrogens with two attached hydrogens (primary N) is 1. The molecule has 0 atom stereocenters. The lowest BCUT2D eigenvalue weighted by Crippen LogP contribution is -2.42. The van der Waals surface area contributed by atoms with E-state index in [4.69, 9.17) is 10.5 Å². The molecule has 0 aliphatic carbocycles.